The standard InChI is InChI=1S/C21H25FN2O6S/c1-23(9-14-30-17-5-3-16(28-2)4-6-17)21(25)19-15-18(7-8-20(19)22)31(26,27)24-10-12-29-13-11-24/h3-8,15H,9-14H2,1-2H3. The van der Waals surface area contributed by atoms with E-state index >= 15 is 0 Å². The molecule has 10 heteroatoms. The molecule has 3 rings (SSSR count). The lowest BCUT2D eigenvalue weighted by Crippen LogP contribution is -2.40. The molecular formula is C21H25FN2O6S. The van der Waals surface area contributed by atoms with Crippen LogP contribution in [0.15, 0.2) is 47.4 Å². The molecular weight excluding hydrogens is 427 g/mol. The Hall–Kier alpha value is -2.69. The highest BCUT2D eigenvalue weighted by atomic mass is 32.2. The Morgan fingerprint density at radius 2 is 1.77 bits per heavy atom. The quantitative estimate of drug-likeness (QED) is 0.609. The Bertz CT molecular complexity index is 1010. The summed E-state index contributed by atoms with van der Waals surface area (Å²) in [5, 5.41) is 0. The molecule has 0 N–H and O–H groups in total. The zero-order chi connectivity index (χ0) is 22.4. The van der Waals surface area contributed by atoms with E-state index in [0.29, 0.717) is 24.7 Å². The summed E-state index contributed by atoms with van der Waals surface area (Å²) in [5.74, 6) is -0.114. The molecule has 0 aliphatic carbocycles. The van der Waals surface area contributed by atoms with Crippen molar-refractivity contribution in [3.63, 3.8) is 0 Å². The van der Waals surface area contributed by atoms with Crippen molar-refractivity contribution in [2.24, 2.45) is 0 Å². The van der Waals surface area contributed by atoms with Gasteiger partial charge in [-0.1, -0.05) is 0 Å². The SMILES string of the molecule is COc1ccc(OCCN(C)C(=O)c2cc(S(=O)(=O)N3CCOCC3)ccc2F)cc1. The van der Waals surface area contributed by atoms with E-state index in [4.69, 9.17) is 14.2 Å². The Balaban J connectivity index is 1.66. The van der Waals surface area contributed by atoms with Gasteiger partial charge < -0.3 is 19.1 Å². The second-order valence-corrected chi connectivity index (χ2v) is 8.85. The highest BCUT2D eigenvalue weighted by molar-refractivity contribution is 7.89. The molecule has 2 aromatic carbocycles. The number of nitrogens with zero attached hydrogens (tertiary/aromatic N) is 2. The van der Waals surface area contributed by atoms with Gasteiger partial charge in [0.25, 0.3) is 5.91 Å². The van der Waals surface area contributed by atoms with Gasteiger partial charge in [0.15, 0.2) is 0 Å². The third kappa shape index (κ3) is 5.52. The number of carbonyl (C=O) groups is 1. The van der Waals surface area contributed by atoms with Crippen molar-refractivity contribution in [1.29, 1.82) is 0 Å². The molecule has 0 radical (unpaired) electrons. The van der Waals surface area contributed by atoms with Gasteiger partial charge in [-0.05, 0) is 42.5 Å². The van der Waals surface area contributed by atoms with Gasteiger partial charge in [0.05, 0.1) is 37.3 Å². The first kappa shape index (κ1) is 23.0. The molecule has 31 heavy (non-hydrogen) atoms. The number of benzene rings is 2. The first-order chi connectivity index (χ1) is 14.8. The molecule has 0 bridgehead atoms. The third-order valence-corrected chi connectivity index (χ3v) is 6.77. The molecule has 1 heterocycles. The lowest BCUT2D eigenvalue weighted by molar-refractivity contribution is 0.0729. The average molecular weight is 453 g/mol. The summed E-state index contributed by atoms with van der Waals surface area (Å²) in [6.45, 7) is 1.39. The average Bonchev–Trinajstić information content (AvgIpc) is 2.79. The molecule has 0 saturated carbocycles. The van der Waals surface area contributed by atoms with Crippen LogP contribution < -0.4 is 9.47 Å². The zero-order valence-electron chi connectivity index (χ0n) is 17.4. The van der Waals surface area contributed by atoms with Gasteiger partial charge in [-0.25, -0.2) is 12.8 Å². The summed E-state index contributed by atoms with van der Waals surface area (Å²) in [7, 11) is -0.770. The van der Waals surface area contributed by atoms with Gasteiger partial charge in [-0.3, -0.25) is 4.79 Å². The third-order valence-electron chi connectivity index (χ3n) is 4.88. The van der Waals surface area contributed by atoms with Crippen LogP contribution in [-0.2, 0) is 14.8 Å². The summed E-state index contributed by atoms with van der Waals surface area (Å²) >= 11 is 0. The number of carbonyl (C=O) groups excluding carboxylic acids is 1. The van der Waals surface area contributed by atoms with Crippen LogP contribution in [0.1, 0.15) is 10.4 Å². The molecule has 168 valence electrons. The topological polar surface area (TPSA) is 85.4 Å². The Kier molecular flexibility index (Phi) is 7.47. The van der Waals surface area contributed by atoms with Crippen molar-refractivity contribution in [3.8, 4) is 11.5 Å². The number of sulfonamides is 1. The van der Waals surface area contributed by atoms with E-state index in [1.165, 1.54) is 22.3 Å². The van der Waals surface area contributed by atoms with Crippen molar-refractivity contribution < 1.29 is 31.8 Å². The number of hydrogen-bond acceptors (Lipinski definition) is 6. The van der Waals surface area contributed by atoms with Crippen LogP contribution in [0.4, 0.5) is 4.39 Å². The lowest BCUT2D eigenvalue weighted by Gasteiger charge is -2.26. The number of halogens is 1. The fourth-order valence-electron chi connectivity index (χ4n) is 3.04. The van der Waals surface area contributed by atoms with E-state index in [1.807, 2.05) is 0 Å². The fourth-order valence-corrected chi connectivity index (χ4v) is 4.48. The van der Waals surface area contributed by atoms with E-state index in [9.17, 15) is 17.6 Å². The number of methoxy groups -OCH3 is 1. The van der Waals surface area contributed by atoms with E-state index in [2.05, 4.69) is 0 Å². The van der Waals surface area contributed by atoms with Gasteiger partial charge >= 0.3 is 0 Å². The first-order valence-electron chi connectivity index (χ1n) is 9.72. The molecule has 8 nitrogen and oxygen atoms in total. The summed E-state index contributed by atoms with van der Waals surface area (Å²) in [5.41, 5.74) is -0.304. The van der Waals surface area contributed by atoms with Gasteiger partial charge in [0.2, 0.25) is 10.0 Å². The van der Waals surface area contributed by atoms with Gasteiger partial charge in [-0.2, -0.15) is 4.31 Å². The van der Waals surface area contributed by atoms with E-state index < -0.39 is 21.7 Å². The highest BCUT2D eigenvalue weighted by Crippen LogP contribution is 2.21. The molecule has 2 aromatic rings. The zero-order valence-corrected chi connectivity index (χ0v) is 18.2. The van der Waals surface area contributed by atoms with Crippen LogP contribution in [-0.4, -0.2) is 77.1 Å². The van der Waals surface area contributed by atoms with Crippen molar-refractivity contribution >= 4 is 15.9 Å². The van der Waals surface area contributed by atoms with Crippen LogP contribution in [0.3, 0.4) is 0 Å². The summed E-state index contributed by atoms with van der Waals surface area (Å²) in [4.78, 5) is 13.9. The molecule has 0 unspecified atom stereocenters. The Morgan fingerprint density at radius 3 is 2.42 bits per heavy atom. The summed E-state index contributed by atoms with van der Waals surface area (Å²) in [6.07, 6.45) is 0. The van der Waals surface area contributed by atoms with Crippen LogP contribution in [0.2, 0.25) is 0 Å². The van der Waals surface area contributed by atoms with Crippen molar-refractivity contribution in [2.75, 3.05) is 53.6 Å². The smallest absolute Gasteiger partial charge is 0.256 e. The minimum absolute atomic E-state index is 0.123. The van der Waals surface area contributed by atoms with E-state index in [1.54, 1.807) is 31.4 Å². The highest BCUT2D eigenvalue weighted by Gasteiger charge is 2.28. The maximum atomic E-state index is 14.4. The fraction of sp³-hybridized carbons (Fsp3) is 0.381. The Labute approximate surface area is 181 Å². The number of morpholine rings is 1. The van der Waals surface area contributed by atoms with Crippen molar-refractivity contribution in [3.05, 3.63) is 53.8 Å². The summed E-state index contributed by atoms with van der Waals surface area (Å²) < 4.78 is 57.1. The van der Waals surface area contributed by atoms with Crippen molar-refractivity contribution in [2.45, 2.75) is 4.90 Å². The van der Waals surface area contributed by atoms with Crippen molar-refractivity contribution in [1.82, 2.24) is 9.21 Å². The molecule has 0 atom stereocenters. The number of rotatable bonds is 8. The maximum Gasteiger partial charge on any atom is 0.256 e. The molecule has 1 saturated heterocycles. The molecule has 0 aromatic heterocycles. The van der Waals surface area contributed by atoms with Crippen LogP contribution in [0, 0.1) is 5.82 Å². The van der Waals surface area contributed by atoms with Crippen LogP contribution in [0.25, 0.3) is 0 Å². The number of hydrogen-bond donors (Lipinski definition) is 0. The number of likely N-dealkylation sites (N-methyl/N-ethyl adjacent to an activating group) is 1. The Morgan fingerprint density at radius 1 is 1.13 bits per heavy atom. The molecule has 0 spiro atoms. The van der Waals surface area contributed by atoms with Gasteiger partial charge in [0.1, 0.15) is 23.9 Å². The van der Waals surface area contributed by atoms with Gasteiger partial charge in [0, 0.05) is 20.1 Å². The second-order valence-electron chi connectivity index (χ2n) is 6.91. The monoisotopic (exact) mass is 452 g/mol. The van der Waals surface area contributed by atoms with Crippen LogP contribution >= 0.6 is 0 Å². The number of amides is 1. The van der Waals surface area contributed by atoms with E-state index in [0.717, 1.165) is 12.1 Å². The minimum atomic E-state index is -3.84. The normalized spacial score (nSPS) is 14.8. The molecule has 1 aliphatic rings. The molecule has 1 aliphatic heterocycles. The van der Waals surface area contributed by atoms with Gasteiger partial charge in [-0.15, -0.1) is 0 Å². The number of ether oxygens (including phenoxy) is 3. The first-order valence-corrected chi connectivity index (χ1v) is 11.2. The lowest BCUT2D eigenvalue weighted by atomic mass is 10.2. The van der Waals surface area contributed by atoms with E-state index in [-0.39, 0.29) is 36.7 Å². The second kappa shape index (κ2) is 10.1. The predicted molar refractivity (Wildman–Crippen MR) is 111 cm³/mol. The molecule has 1 amide bonds. The van der Waals surface area contributed by atoms with Crippen LogP contribution in [0.5, 0.6) is 11.5 Å². The largest absolute Gasteiger partial charge is 0.497 e. The maximum absolute atomic E-state index is 14.4. The molecule has 1 fully saturated rings. The predicted octanol–water partition coefficient (Wildman–Crippen LogP) is 2.01. The summed E-state index contributed by atoms with van der Waals surface area (Å²) in [6, 6.07) is 10.2. The minimum Gasteiger partial charge on any atom is -0.497 e.